The summed E-state index contributed by atoms with van der Waals surface area (Å²) in [5.74, 6) is -1.79. The minimum atomic E-state index is -4.95. The van der Waals surface area contributed by atoms with Crippen LogP contribution in [0.25, 0.3) is 0 Å². The Labute approximate surface area is 180 Å². The Balaban J connectivity index is 2.35. The van der Waals surface area contributed by atoms with Crippen molar-refractivity contribution in [2.24, 2.45) is 0 Å². The molecule has 0 aliphatic rings. The number of aromatic nitrogens is 1. The van der Waals surface area contributed by atoms with Crippen molar-refractivity contribution in [3.05, 3.63) is 44.3 Å². The lowest BCUT2D eigenvalue weighted by Crippen LogP contribution is -2.18. The highest BCUT2D eigenvalue weighted by Gasteiger charge is 2.40. The largest absolute Gasteiger partial charge is 0.573 e. The highest BCUT2D eigenvalue weighted by Crippen LogP contribution is 2.40. The van der Waals surface area contributed by atoms with Gasteiger partial charge in [0.05, 0.1) is 5.69 Å². The third-order valence-electron chi connectivity index (χ3n) is 2.89. The van der Waals surface area contributed by atoms with Crippen LogP contribution < -0.4 is 14.8 Å². The maximum atomic E-state index is 13.2. The third-order valence-corrected chi connectivity index (χ3v) is 5.11. The summed E-state index contributed by atoms with van der Waals surface area (Å²) in [5, 5.41) is 1.80. The number of thiazole rings is 1. The van der Waals surface area contributed by atoms with Gasteiger partial charge in [-0.15, -0.1) is 13.2 Å². The lowest BCUT2D eigenvalue weighted by atomic mass is 10.2. The summed E-state index contributed by atoms with van der Waals surface area (Å²) < 4.78 is 85.2. The number of halogens is 8. The fourth-order valence-corrected chi connectivity index (χ4v) is 4.05. The maximum absolute atomic E-state index is 13.2. The predicted octanol–water partition coefficient (Wildman–Crippen LogP) is 6.40. The topological polar surface area (TPSA) is 60.5 Å². The first-order chi connectivity index (χ1) is 13.3. The molecule has 0 radical (unpaired) electrons. The summed E-state index contributed by atoms with van der Waals surface area (Å²) in [6.45, 7) is 3.23. The minimum Gasteiger partial charge on any atom is -0.466 e. The molecule has 14 heteroatoms. The second-order valence-electron chi connectivity index (χ2n) is 5.02. The van der Waals surface area contributed by atoms with Gasteiger partial charge in [-0.3, -0.25) is 4.79 Å². The number of nitrogens with one attached hydrogen (secondary N) is 1. The van der Waals surface area contributed by atoms with Crippen LogP contribution in [0.5, 0.6) is 10.9 Å². The maximum Gasteiger partial charge on any atom is 0.573 e. The van der Waals surface area contributed by atoms with Gasteiger partial charge in [-0.05, 0) is 44.0 Å². The summed E-state index contributed by atoms with van der Waals surface area (Å²) in [6, 6.07) is 1.79. The smallest absolute Gasteiger partial charge is 0.466 e. The van der Waals surface area contributed by atoms with Crippen molar-refractivity contribution >= 4 is 54.8 Å². The number of benzene rings is 1. The van der Waals surface area contributed by atoms with E-state index in [1.54, 1.807) is 0 Å². The molecule has 0 saturated heterocycles. The van der Waals surface area contributed by atoms with Crippen LogP contribution in [-0.2, 0) is 6.18 Å². The highest BCUT2D eigenvalue weighted by molar-refractivity contribution is 9.11. The van der Waals surface area contributed by atoms with E-state index in [0.717, 1.165) is 12.1 Å². The number of rotatable bonds is 6. The standard InChI is InChI=1S/C15H8Br2F6N2O3S/c1-2-3-27-13-25-11(14(18,19)20)10(29-13)12(26)24-9-7(16)4-6(5-8(9)17)28-15(21,22)23/h2,4-5H,1,3H2,(H,24,26). The molecule has 0 unspecified atom stereocenters. The molecule has 29 heavy (non-hydrogen) atoms. The van der Waals surface area contributed by atoms with E-state index in [4.69, 9.17) is 4.74 Å². The molecule has 0 aliphatic carbocycles. The predicted molar refractivity (Wildman–Crippen MR) is 99.3 cm³/mol. The molecule has 158 valence electrons. The van der Waals surface area contributed by atoms with Crippen LogP contribution in [0, 0.1) is 0 Å². The molecule has 2 rings (SSSR count). The van der Waals surface area contributed by atoms with Gasteiger partial charge in [0.15, 0.2) is 5.69 Å². The zero-order valence-corrected chi connectivity index (χ0v) is 17.7. The minimum absolute atomic E-state index is 0.0688. The molecule has 1 heterocycles. The van der Waals surface area contributed by atoms with Gasteiger partial charge in [-0.25, -0.2) is 0 Å². The zero-order valence-electron chi connectivity index (χ0n) is 13.8. The van der Waals surface area contributed by atoms with Crippen molar-refractivity contribution in [3.8, 4) is 10.9 Å². The molecule has 0 spiro atoms. The summed E-state index contributed by atoms with van der Waals surface area (Å²) in [6.07, 6.45) is -8.60. The number of alkyl halides is 6. The van der Waals surface area contributed by atoms with Gasteiger partial charge in [0.2, 0.25) is 0 Å². The molecular weight excluding hydrogens is 562 g/mol. The Bertz CT molecular complexity index is 907. The van der Waals surface area contributed by atoms with E-state index in [1.807, 2.05) is 0 Å². The van der Waals surface area contributed by atoms with E-state index >= 15 is 0 Å². The second kappa shape index (κ2) is 8.92. The first-order valence-corrected chi connectivity index (χ1v) is 9.60. The van der Waals surface area contributed by atoms with E-state index < -0.39 is 40.0 Å². The number of carbonyl (C=O) groups is 1. The van der Waals surface area contributed by atoms with Crippen LogP contribution >= 0.6 is 43.2 Å². The number of ether oxygens (including phenoxy) is 2. The lowest BCUT2D eigenvalue weighted by Gasteiger charge is -2.14. The van der Waals surface area contributed by atoms with Gasteiger partial charge in [0.1, 0.15) is 17.2 Å². The van der Waals surface area contributed by atoms with E-state index in [2.05, 4.69) is 53.5 Å². The summed E-state index contributed by atoms with van der Waals surface area (Å²) >= 11 is 6.24. The molecule has 1 aromatic heterocycles. The van der Waals surface area contributed by atoms with Crippen LogP contribution in [0.2, 0.25) is 0 Å². The first-order valence-electron chi connectivity index (χ1n) is 7.19. The van der Waals surface area contributed by atoms with Gasteiger partial charge in [-0.1, -0.05) is 24.0 Å². The number of hydrogen-bond acceptors (Lipinski definition) is 5. The average Bonchev–Trinajstić information content (AvgIpc) is 2.99. The molecular formula is C15H8Br2F6N2O3S. The van der Waals surface area contributed by atoms with Gasteiger partial charge in [0, 0.05) is 8.95 Å². The SMILES string of the molecule is C=CCOc1nc(C(F)(F)F)c(C(=O)Nc2c(Br)cc(OC(F)(F)F)cc2Br)s1. The van der Waals surface area contributed by atoms with Crippen molar-refractivity contribution in [1.82, 2.24) is 4.98 Å². The second-order valence-corrected chi connectivity index (χ2v) is 7.69. The molecule has 1 N–H and O–H groups in total. The van der Waals surface area contributed by atoms with E-state index in [1.165, 1.54) is 6.08 Å². The van der Waals surface area contributed by atoms with Gasteiger partial charge in [-0.2, -0.15) is 18.2 Å². The Morgan fingerprint density at radius 2 is 1.79 bits per heavy atom. The molecule has 0 saturated carbocycles. The monoisotopic (exact) mass is 568 g/mol. The molecule has 2 aromatic rings. The van der Waals surface area contributed by atoms with Gasteiger partial charge < -0.3 is 14.8 Å². The fraction of sp³-hybridized carbons (Fsp3) is 0.200. The molecule has 1 aromatic carbocycles. The Hall–Kier alpha value is -1.80. The van der Waals surface area contributed by atoms with Crippen molar-refractivity contribution in [2.45, 2.75) is 12.5 Å². The molecule has 0 fully saturated rings. The van der Waals surface area contributed by atoms with Crippen molar-refractivity contribution in [1.29, 1.82) is 0 Å². The van der Waals surface area contributed by atoms with Crippen LogP contribution in [-0.4, -0.2) is 23.9 Å². The van der Waals surface area contributed by atoms with Crippen LogP contribution in [0.15, 0.2) is 33.7 Å². The Morgan fingerprint density at radius 1 is 1.21 bits per heavy atom. The molecule has 1 amide bonds. The lowest BCUT2D eigenvalue weighted by molar-refractivity contribution is -0.274. The quantitative estimate of drug-likeness (QED) is 0.323. The van der Waals surface area contributed by atoms with E-state index in [9.17, 15) is 31.1 Å². The van der Waals surface area contributed by atoms with E-state index in [-0.39, 0.29) is 21.2 Å². The number of anilines is 1. The molecule has 0 aliphatic heterocycles. The van der Waals surface area contributed by atoms with Gasteiger partial charge >= 0.3 is 12.5 Å². The van der Waals surface area contributed by atoms with Crippen molar-refractivity contribution in [3.63, 3.8) is 0 Å². The summed E-state index contributed by atoms with van der Waals surface area (Å²) in [5.41, 5.74) is -1.57. The third kappa shape index (κ3) is 6.34. The summed E-state index contributed by atoms with van der Waals surface area (Å²) in [4.78, 5) is 14.9. The van der Waals surface area contributed by atoms with Crippen LogP contribution in [0.4, 0.5) is 32.0 Å². The summed E-state index contributed by atoms with van der Waals surface area (Å²) in [7, 11) is 0. The highest BCUT2D eigenvalue weighted by atomic mass is 79.9. The molecule has 0 atom stereocenters. The Morgan fingerprint density at radius 3 is 2.28 bits per heavy atom. The zero-order chi connectivity index (χ0) is 22.0. The number of hydrogen-bond donors (Lipinski definition) is 1. The number of nitrogens with zero attached hydrogens (tertiary/aromatic N) is 1. The molecule has 5 nitrogen and oxygen atoms in total. The van der Waals surface area contributed by atoms with Gasteiger partial charge in [0.25, 0.3) is 11.1 Å². The van der Waals surface area contributed by atoms with Crippen LogP contribution in [0.1, 0.15) is 15.4 Å². The first kappa shape index (κ1) is 23.5. The number of amides is 1. The Kier molecular flexibility index (Phi) is 7.22. The molecule has 0 bridgehead atoms. The van der Waals surface area contributed by atoms with E-state index in [0.29, 0.717) is 11.3 Å². The normalized spacial score (nSPS) is 11.9. The number of carbonyl (C=O) groups excluding carboxylic acids is 1. The average molecular weight is 570 g/mol. The van der Waals surface area contributed by atoms with Crippen molar-refractivity contribution in [2.75, 3.05) is 11.9 Å². The van der Waals surface area contributed by atoms with Crippen LogP contribution in [0.3, 0.4) is 0 Å². The fourth-order valence-electron chi connectivity index (χ4n) is 1.87. The van der Waals surface area contributed by atoms with Crippen molar-refractivity contribution < 1.29 is 40.6 Å².